The molecule has 0 atom stereocenters. The van der Waals surface area contributed by atoms with Gasteiger partial charge in [0.25, 0.3) is 5.56 Å². The van der Waals surface area contributed by atoms with Crippen LogP contribution < -0.4 is 16.6 Å². The van der Waals surface area contributed by atoms with E-state index in [4.69, 9.17) is 0 Å². The van der Waals surface area contributed by atoms with Crippen LogP contribution >= 0.6 is 0 Å². The van der Waals surface area contributed by atoms with Crippen LogP contribution in [0.25, 0.3) is 0 Å². The van der Waals surface area contributed by atoms with E-state index in [1.54, 1.807) is 0 Å². The van der Waals surface area contributed by atoms with E-state index in [2.05, 4.69) is 31.2 Å². The molecule has 1 aromatic rings. The third-order valence-corrected chi connectivity index (χ3v) is 3.01. The average Bonchev–Trinajstić information content (AvgIpc) is 2.29. The highest BCUT2D eigenvalue weighted by molar-refractivity contribution is 5.29. The van der Waals surface area contributed by atoms with Crippen molar-refractivity contribution in [1.29, 1.82) is 0 Å². The highest BCUT2D eigenvalue weighted by atomic mass is 16.2. The van der Waals surface area contributed by atoms with Crippen LogP contribution in [0.4, 0.5) is 5.82 Å². The summed E-state index contributed by atoms with van der Waals surface area (Å²) in [6.45, 7) is 6.94. The smallest absolute Gasteiger partial charge is 0.346 e. The zero-order valence-corrected chi connectivity index (χ0v) is 11.1. The lowest BCUT2D eigenvalue weighted by molar-refractivity contribution is 0.375. The van der Waals surface area contributed by atoms with E-state index in [-0.39, 0.29) is 16.8 Å². The third kappa shape index (κ3) is 2.95. The molecule has 1 N–H and O–H groups in total. The fraction of sp³-hybridized carbons (Fsp3) is 0.727. The summed E-state index contributed by atoms with van der Waals surface area (Å²) >= 11 is 0. The summed E-state index contributed by atoms with van der Waals surface area (Å²) in [6, 6.07) is 0. The number of anilines is 1. The molecule has 0 unspecified atom stereocenters. The molecule has 6 heteroatoms. The lowest BCUT2D eigenvalue weighted by atomic mass is 9.90. The molecule has 1 aromatic heterocycles. The van der Waals surface area contributed by atoms with Crippen molar-refractivity contribution in [2.75, 3.05) is 11.9 Å². The van der Waals surface area contributed by atoms with Gasteiger partial charge in [-0.15, -0.1) is 5.10 Å². The highest BCUT2D eigenvalue weighted by Gasteiger charge is 2.16. The Hall–Kier alpha value is -1.59. The van der Waals surface area contributed by atoms with Gasteiger partial charge >= 0.3 is 5.69 Å². The van der Waals surface area contributed by atoms with E-state index in [1.807, 2.05) is 0 Å². The van der Waals surface area contributed by atoms with E-state index in [0.29, 0.717) is 6.54 Å². The van der Waals surface area contributed by atoms with Gasteiger partial charge in [0.2, 0.25) is 5.82 Å². The standard InChI is InChI=1S/C11H20N4O2/c1-6-11(2,3)7-12-8-9(16)14(4)10(17)15(5)13-8/h6-7H2,1-5H3,(H,12,13). The van der Waals surface area contributed by atoms with Crippen LogP contribution in [0.1, 0.15) is 27.2 Å². The first-order chi connectivity index (χ1) is 7.78. The van der Waals surface area contributed by atoms with Gasteiger partial charge in [0.15, 0.2) is 0 Å². The Bertz CT molecular complexity index is 513. The molecule has 1 rings (SSSR count). The van der Waals surface area contributed by atoms with Gasteiger partial charge in [0, 0.05) is 20.6 Å². The quantitative estimate of drug-likeness (QED) is 0.823. The van der Waals surface area contributed by atoms with Crippen molar-refractivity contribution >= 4 is 5.82 Å². The summed E-state index contributed by atoms with van der Waals surface area (Å²) in [4.78, 5) is 23.2. The van der Waals surface area contributed by atoms with Crippen molar-refractivity contribution in [1.82, 2.24) is 14.3 Å². The zero-order valence-electron chi connectivity index (χ0n) is 11.1. The Morgan fingerprint density at radius 2 is 1.88 bits per heavy atom. The summed E-state index contributed by atoms with van der Waals surface area (Å²) < 4.78 is 2.21. The molecule has 0 radical (unpaired) electrons. The second kappa shape index (κ2) is 4.73. The largest absolute Gasteiger partial charge is 0.364 e. The van der Waals surface area contributed by atoms with Gasteiger partial charge in [-0.2, -0.15) is 0 Å². The molecule has 96 valence electrons. The Kier molecular flexibility index (Phi) is 3.75. The van der Waals surface area contributed by atoms with Gasteiger partial charge in [0.1, 0.15) is 0 Å². The van der Waals surface area contributed by atoms with Crippen molar-refractivity contribution < 1.29 is 0 Å². The molecule has 0 aliphatic carbocycles. The predicted molar refractivity (Wildman–Crippen MR) is 67.3 cm³/mol. The fourth-order valence-electron chi connectivity index (χ4n) is 1.26. The number of aryl methyl sites for hydroxylation is 1. The zero-order chi connectivity index (χ0) is 13.2. The maximum Gasteiger partial charge on any atom is 0.346 e. The SMILES string of the molecule is CCC(C)(C)CNc1nn(C)c(=O)n(C)c1=O. The van der Waals surface area contributed by atoms with Crippen molar-refractivity contribution in [3.63, 3.8) is 0 Å². The molecule has 0 aliphatic rings. The maximum absolute atomic E-state index is 11.8. The van der Waals surface area contributed by atoms with Crippen molar-refractivity contribution in [2.24, 2.45) is 19.5 Å². The summed E-state index contributed by atoms with van der Waals surface area (Å²) in [7, 11) is 2.97. The molecular weight excluding hydrogens is 220 g/mol. The first kappa shape index (κ1) is 13.5. The second-order valence-corrected chi connectivity index (χ2v) is 4.99. The minimum atomic E-state index is -0.421. The summed E-state index contributed by atoms with van der Waals surface area (Å²) in [6.07, 6.45) is 0.992. The first-order valence-corrected chi connectivity index (χ1v) is 5.66. The number of rotatable bonds is 4. The van der Waals surface area contributed by atoms with Crippen LogP contribution in [0.5, 0.6) is 0 Å². The minimum Gasteiger partial charge on any atom is -0.364 e. The lowest BCUT2D eigenvalue weighted by Crippen LogP contribution is -2.40. The number of aromatic nitrogens is 3. The fourth-order valence-corrected chi connectivity index (χ4v) is 1.26. The summed E-state index contributed by atoms with van der Waals surface area (Å²) in [5.74, 6) is 0.219. The summed E-state index contributed by atoms with van der Waals surface area (Å²) in [5.41, 5.74) is -0.725. The second-order valence-electron chi connectivity index (χ2n) is 4.99. The van der Waals surface area contributed by atoms with Crippen LogP contribution in [-0.4, -0.2) is 20.9 Å². The van der Waals surface area contributed by atoms with Crippen molar-refractivity contribution in [3.8, 4) is 0 Å². The van der Waals surface area contributed by atoms with Crippen LogP contribution in [-0.2, 0) is 14.1 Å². The van der Waals surface area contributed by atoms with E-state index in [9.17, 15) is 9.59 Å². The molecule has 0 saturated heterocycles. The van der Waals surface area contributed by atoms with Gasteiger partial charge < -0.3 is 5.32 Å². The van der Waals surface area contributed by atoms with E-state index in [1.165, 1.54) is 14.1 Å². The molecule has 0 saturated carbocycles. The molecule has 0 amide bonds. The molecule has 0 spiro atoms. The van der Waals surface area contributed by atoms with Crippen LogP contribution in [0, 0.1) is 5.41 Å². The van der Waals surface area contributed by atoms with E-state index < -0.39 is 5.69 Å². The monoisotopic (exact) mass is 240 g/mol. The maximum atomic E-state index is 11.8. The predicted octanol–water partition coefficient (Wildman–Crippen LogP) is 0.327. The molecule has 0 bridgehead atoms. The molecule has 0 aromatic carbocycles. The number of nitrogens with one attached hydrogen (secondary N) is 1. The third-order valence-electron chi connectivity index (χ3n) is 3.01. The Morgan fingerprint density at radius 1 is 1.29 bits per heavy atom. The van der Waals surface area contributed by atoms with Crippen LogP contribution in [0.2, 0.25) is 0 Å². The summed E-state index contributed by atoms with van der Waals surface area (Å²) in [5, 5.41) is 6.94. The van der Waals surface area contributed by atoms with Crippen molar-refractivity contribution in [2.45, 2.75) is 27.2 Å². The molecular formula is C11H20N4O2. The highest BCUT2D eigenvalue weighted by Crippen LogP contribution is 2.18. The van der Waals surface area contributed by atoms with Crippen molar-refractivity contribution in [3.05, 3.63) is 20.8 Å². The van der Waals surface area contributed by atoms with Gasteiger partial charge in [-0.05, 0) is 11.8 Å². The van der Waals surface area contributed by atoms with E-state index >= 15 is 0 Å². The number of hydrogen-bond acceptors (Lipinski definition) is 4. The van der Waals surface area contributed by atoms with Crippen LogP contribution in [0.3, 0.4) is 0 Å². The molecule has 1 heterocycles. The molecule has 6 nitrogen and oxygen atoms in total. The lowest BCUT2D eigenvalue weighted by Gasteiger charge is -2.23. The van der Waals surface area contributed by atoms with Gasteiger partial charge in [-0.1, -0.05) is 20.8 Å². The molecule has 17 heavy (non-hydrogen) atoms. The topological polar surface area (TPSA) is 68.9 Å². The molecule has 0 aliphatic heterocycles. The Labute approximate surface area is 100 Å². The number of nitrogens with zero attached hydrogens (tertiary/aromatic N) is 3. The Balaban J connectivity index is 3.02. The normalized spacial score (nSPS) is 11.6. The van der Waals surface area contributed by atoms with Crippen LogP contribution in [0.15, 0.2) is 9.59 Å². The Morgan fingerprint density at radius 3 is 2.41 bits per heavy atom. The first-order valence-electron chi connectivity index (χ1n) is 5.66. The van der Waals surface area contributed by atoms with E-state index in [0.717, 1.165) is 15.7 Å². The van der Waals surface area contributed by atoms with Gasteiger partial charge in [-0.25, -0.2) is 9.48 Å². The molecule has 0 fully saturated rings. The minimum absolute atomic E-state index is 0.0847. The van der Waals surface area contributed by atoms with Gasteiger partial charge in [0.05, 0.1) is 0 Å². The average molecular weight is 240 g/mol. The van der Waals surface area contributed by atoms with Gasteiger partial charge in [-0.3, -0.25) is 9.36 Å². The number of hydrogen-bond donors (Lipinski definition) is 1.